The Morgan fingerprint density at radius 2 is 1.62 bits per heavy atom. The van der Waals surface area contributed by atoms with Crippen molar-refractivity contribution in [3.8, 4) is 0 Å². The molecule has 4 nitrogen and oxygen atoms in total. The first-order valence-corrected chi connectivity index (χ1v) is 8.37. The van der Waals surface area contributed by atoms with Gasteiger partial charge in [-0.25, -0.2) is 0 Å². The van der Waals surface area contributed by atoms with E-state index in [2.05, 4.69) is 65.7 Å². The van der Waals surface area contributed by atoms with E-state index in [-0.39, 0.29) is 6.04 Å². The normalized spacial score (nSPS) is 13.6. The molecule has 0 aliphatic heterocycles. The number of hydrogen-bond donors (Lipinski definition) is 1. The standard InChI is InChI=1S/C20H23N3O/c1-15(18-11-7-4-8-12-18)14-21-16(2)20-22-19(23-24-20)13-17-9-5-3-6-10-17/h3-12,15-16,21H,13-14H2,1-2H3. The zero-order chi connectivity index (χ0) is 16.8. The molecule has 2 unspecified atom stereocenters. The van der Waals surface area contributed by atoms with Crippen molar-refractivity contribution in [2.75, 3.05) is 6.54 Å². The van der Waals surface area contributed by atoms with Crippen LogP contribution in [0.4, 0.5) is 0 Å². The lowest BCUT2D eigenvalue weighted by molar-refractivity contribution is 0.334. The summed E-state index contributed by atoms with van der Waals surface area (Å²) in [5.74, 6) is 1.79. The lowest BCUT2D eigenvalue weighted by Crippen LogP contribution is -2.23. The average Bonchev–Trinajstić information content (AvgIpc) is 3.09. The first-order chi connectivity index (χ1) is 11.7. The quantitative estimate of drug-likeness (QED) is 0.711. The number of rotatable bonds is 7. The minimum Gasteiger partial charge on any atom is -0.338 e. The summed E-state index contributed by atoms with van der Waals surface area (Å²) in [6, 6.07) is 20.7. The Morgan fingerprint density at radius 1 is 0.958 bits per heavy atom. The summed E-state index contributed by atoms with van der Waals surface area (Å²) in [5, 5.41) is 7.57. The van der Waals surface area contributed by atoms with E-state index in [1.165, 1.54) is 11.1 Å². The van der Waals surface area contributed by atoms with E-state index in [1.807, 2.05) is 24.3 Å². The maximum atomic E-state index is 5.41. The summed E-state index contributed by atoms with van der Waals surface area (Å²) in [4.78, 5) is 4.52. The first-order valence-electron chi connectivity index (χ1n) is 8.37. The Kier molecular flexibility index (Phi) is 5.39. The van der Waals surface area contributed by atoms with E-state index in [4.69, 9.17) is 4.52 Å². The molecule has 4 heteroatoms. The van der Waals surface area contributed by atoms with Gasteiger partial charge in [0.15, 0.2) is 5.82 Å². The number of aromatic nitrogens is 2. The van der Waals surface area contributed by atoms with Crippen LogP contribution in [0.15, 0.2) is 65.2 Å². The van der Waals surface area contributed by atoms with Gasteiger partial charge in [-0.3, -0.25) is 0 Å². The molecule has 2 aromatic carbocycles. The van der Waals surface area contributed by atoms with Gasteiger partial charge in [0.05, 0.1) is 6.04 Å². The monoisotopic (exact) mass is 321 g/mol. The zero-order valence-corrected chi connectivity index (χ0v) is 14.1. The van der Waals surface area contributed by atoms with Gasteiger partial charge in [-0.05, 0) is 24.0 Å². The molecule has 0 saturated carbocycles. The molecule has 0 bridgehead atoms. The molecule has 0 radical (unpaired) electrons. The minimum atomic E-state index is 0.0354. The summed E-state index contributed by atoms with van der Waals surface area (Å²) < 4.78 is 5.41. The third-order valence-corrected chi connectivity index (χ3v) is 4.16. The van der Waals surface area contributed by atoms with Crippen LogP contribution in [0, 0.1) is 0 Å². The Hall–Kier alpha value is -2.46. The van der Waals surface area contributed by atoms with Gasteiger partial charge in [0, 0.05) is 13.0 Å². The highest BCUT2D eigenvalue weighted by Gasteiger charge is 2.15. The average molecular weight is 321 g/mol. The highest BCUT2D eigenvalue weighted by Crippen LogP contribution is 2.16. The van der Waals surface area contributed by atoms with Crippen LogP contribution in [-0.4, -0.2) is 16.7 Å². The predicted octanol–water partition coefficient (Wildman–Crippen LogP) is 4.11. The molecule has 0 aliphatic carbocycles. The fraction of sp³-hybridized carbons (Fsp3) is 0.300. The van der Waals surface area contributed by atoms with E-state index < -0.39 is 0 Å². The summed E-state index contributed by atoms with van der Waals surface area (Å²) in [6.07, 6.45) is 0.692. The fourth-order valence-corrected chi connectivity index (χ4v) is 2.63. The van der Waals surface area contributed by atoms with Crippen LogP contribution in [-0.2, 0) is 6.42 Å². The van der Waals surface area contributed by atoms with Gasteiger partial charge in [-0.15, -0.1) is 0 Å². The highest BCUT2D eigenvalue weighted by atomic mass is 16.5. The van der Waals surface area contributed by atoms with Crippen molar-refractivity contribution in [2.45, 2.75) is 32.2 Å². The number of benzene rings is 2. The Labute approximate surface area is 142 Å². The molecule has 0 spiro atoms. The van der Waals surface area contributed by atoms with E-state index >= 15 is 0 Å². The van der Waals surface area contributed by atoms with Crippen molar-refractivity contribution >= 4 is 0 Å². The summed E-state index contributed by atoms with van der Waals surface area (Å²) in [7, 11) is 0. The molecule has 24 heavy (non-hydrogen) atoms. The lowest BCUT2D eigenvalue weighted by Gasteiger charge is -2.15. The van der Waals surface area contributed by atoms with Crippen molar-refractivity contribution in [1.29, 1.82) is 0 Å². The van der Waals surface area contributed by atoms with E-state index in [0.29, 0.717) is 18.2 Å². The van der Waals surface area contributed by atoms with Crippen molar-refractivity contribution in [3.05, 3.63) is 83.5 Å². The van der Waals surface area contributed by atoms with E-state index in [1.54, 1.807) is 0 Å². The van der Waals surface area contributed by atoms with Crippen molar-refractivity contribution in [1.82, 2.24) is 15.5 Å². The maximum absolute atomic E-state index is 5.41. The Balaban J connectivity index is 1.55. The second kappa shape index (κ2) is 7.88. The van der Waals surface area contributed by atoms with Gasteiger partial charge in [0.25, 0.3) is 0 Å². The van der Waals surface area contributed by atoms with Gasteiger partial charge in [-0.2, -0.15) is 4.98 Å². The molecule has 0 saturated heterocycles. The molecule has 0 aliphatic rings. The Morgan fingerprint density at radius 3 is 2.33 bits per heavy atom. The number of hydrogen-bond acceptors (Lipinski definition) is 4. The van der Waals surface area contributed by atoms with Crippen LogP contribution in [0.1, 0.15) is 48.6 Å². The first kappa shape index (κ1) is 16.4. The van der Waals surface area contributed by atoms with Crippen LogP contribution >= 0.6 is 0 Å². The molecule has 1 aromatic heterocycles. The van der Waals surface area contributed by atoms with E-state index in [0.717, 1.165) is 12.4 Å². The smallest absolute Gasteiger partial charge is 0.243 e. The third-order valence-electron chi connectivity index (χ3n) is 4.16. The van der Waals surface area contributed by atoms with E-state index in [9.17, 15) is 0 Å². The Bertz CT molecular complexity index is 740. The van der Waals surface area contributed by atoms with Gasteiger partial charge >= 0.3 is 0 Å². The molecule has 3 aromatic rings. The van der Waals surface area contributed by atoms with Gasteiger partial charge in [0.2, 0.25) is 5.89 Å². The fourth-order valence-electron chi connectivity index (χ4n) is 2.63. The van der Waals surface area contributed by atoms with Gasteiger partial charge in [-0.1, -0.05) is 72.7 Å². The molecular formula is C20H23N3O. The number of nitrogens with one attached hydrogen (secondary N) is 1. The van der Waals surface area contributed by atoms with Gasteiger partial charge < -0.3 is 9.84 Å². The predicted molar refractivity (Wildman–Crippen MR) is 94.8 cm³/mol. The van der Waals surface area contributed by atoms with Crippen LogP contribution in [0.2, 0.25) is 0 Å². The maximum Gasteiger partial charge on any atom is 0.243 e. The molecule has 1 heterocycles. The largest absolute Gasteiger partial charge is 0.338 e. The zero-order valence-electron chi connectivity index (χ0n) is 14.1. The topological polar surface area (TPSA) is 51.0 Å². The SMILES string of the molecule is CC(CNC(C)c1nc(Cc2ccccc2)no1)c1ccccc1. The molecule has 0 amide bonds. The van der Waals surface area contributed by atoms with Crippen LogP contribution < -0.4 is 5.32 Å². The second-order valence-electron chi connectivity index (χ2n) is 6.15. The summed E-state index contributed by atoms with van der Waals surface area (Å²) >= 11 is 0. The summed E-state index contributed by atoms with van der Waals surface area (Å²) in [5.41, 5.74) is 2.51. The molecule has 1 N–H and O–H groups in total. The molecule has 0 fully saturated rings. The van der Waals surface area contributed by atoms with Crippen LogP contribution in [0.3, 0.4) is 0 Å². The van der Waals surface area contributed by atoms with Gasteiger partial charge in [0.1, 0.15) is 0 Å². The van der Waals surface area contributed by atoms with Crippen molar-refractivity contribution < 1.29 is 4.52 Å². The lowest BCUT2D eigenvalue weighted by atomic mass is 10.0. The van der Waals surface area contributed by atoms with Crippen LogP contribution in [0.5, 0.6) is 0 Å². The minimum absolute atomic E-state index is 0.0354. The second-order valence-corrected chi connectivity index (χ2v) is 6.15. The molecule has 2 atom stereocenters. The number of nitrogens with zero attached hydrogens (tertiary/aromatic N) is 2. The summed E-state index contributed by atoms with van der Waals surface area (Å²) in [6.45, 7) is 5.13. The van der Waals surface area contributed by atoms with Crippen molar-refractivity contribution in [3.63, 3.8) is 0 Å². The molecule has 3 rings (SSSR count). The molecular weight excluding hydrogens is 298 g/mol. The highest BCUT2D eigenvalue weighted by molar-refractivity contribution is 5.19. The third kappa shape index (κ3) is 4.30. The molecule has 124 valence electrons. The van der Waals surface area contributed by atoms with Crippen LogP contribution in [0.25, 0.3) is 0 Å². The van der Waals surface area contributed by atoms with Crippen molar-refractivity contribution in [2.24, 2.45) is 0 Å².